The van der Waals surface area contributed by atoms with Gasteiger partial charge in [-0.3, -0.25) is 0 Å². The molecule has 5 aromatic rings. The van der Waals surface area contributed by atoms with E-state index in [0.29, 0.717) is 0 Å². The van der Waals surface area contributed by atoms with Crippen LogP contribution in [0.3, 0.4) is 0 Å². The van der Waals surface area contributed by atoms with Crippen LogP contribution in [0, 0.1) is 0 Å². The van der Waals surface area contributed by atoms with Gasteiger partial charge in [-0.15, -0.1) is 0 Å². The molecule has 0 saturated heterocycles. The van der Waals surface area contributed by atoms with Gasteiger partial charge in [-0.2, -0.15) is 0 Å². The fraction of sp³-hybridized carbons (Fsp3) is 0.0789. The Kier molecular flexibility index (Phi) is 6.19. The van der Waals surface area contributed by atoms with Gasteiger partial charge in [0, 0.05) is 0 Å². The first-order valence-electron chi connectivity index (χ1n) is 14.2. The number of benzene rings is 5. The van der Waals surface area contributed by atoms with Crippen molar-refractivity contribution in [2.75, 3.05) is 0 Å². The van der Waals surface area contributed by atoms with Crippen molar-refractivity contribution in [3.8, 4) is 22.3 Å². The topological polar surface area (TPSA) is 0 Å². The maximum absolute atomic E-state index is 8.46. The third kappa shape index (κ3) is 4.33. The van der Waals surface area contributed by atoms with E-state index in [9.17, 15) is 0 Å². The normalized spacial score (nSPS) is 18.8. The molecule has 0 bridgehead atoms. The molecular formula is C38H31Cl2Zr. The van der Waals surface area contributed by atoms with Crippen molar-refractivity contribution in [2.24, 2.45) is 0 Å². The van der Waals surface area contributed by atoms with Gasteiger partial charge in [-0.05, 0) is 0 Å². The third-order valence-electron chi connectivity index (χ3n) is 9.23. The molecule has 0 aliphatic heterocycles. The first-order valence-corrected chi connectivity index (χ1v) is 27.3. The zero-order valence-corrected chi connectivity index (χ0v) is 26.9. The summed E-state index contributed by atoms with van der Waals surface area (Å²) in [6.07, 6.45) is 9.09. The zero-order valence-electron chi connectivity index (χ0n) is 22.9. The van der Waals surface area contributed by atoms with E-state index < -0.39 is 14.4 Å². The fourth-order valence-electron chi connectivity index (χ4n) is 7.28. The molecule has 0 saturated carbocycles. The second-order valence-electron chi connectivity index (χ2n) is 12.0. The molecule has 0 aromatic heterocycles. The van der Waals surface area contributed by atoms with E-state index >= 15 is 0 Å². The number of hydrogen-bond acceptors (Lipinski definition) is 0. The molecule has 0 fully saturated rings. The summed E-state index contributed by atoms with van der Waals surface area (Å²) in [4.78, 5) is 0. The number of rotatable bonds is 5. The van der Waals surface area contributed by atoms with Crippen LogP contribution in [0.15, 0.2) is 140 Å². The minimum absolute atomic E-state index is 0.126. The van der Waals surface area contributed by atoms with E-state index in [0.717, 1.165) is 5.56 Å². The molecule has 5 aromatic carbocycles. The van der Waals surface area contributed by atoms with E-state index in [2.05, 4.69) is 154 Å². The van der Waals surface area contributed by atoms with E-state index in [1.807, 2.05) is 6.07 Å². The summed E-state index contributed by atoms with van der Waals surface area (Å²) < 4.78 is 4.28. The molecule has 41 heavy (non-hydrogen) atoms. The number of halogens is 2. The van der Waals surface area contributed by atoms with Crippen molar-refractivity contribution >= 4 is 32.9 Å². The van der Waals surface area contributed by atoms with Crippen molar-refractivity contribution in [3.63, 3.8) is 0 Å². The van der Waals surface area contributed by atoms with Gasteiger partial charge in [0.05, 0.1) is 0 Å². The zero-order chi connectivity index (χ0) is 28.1. The van der Waals surface area contributed by atoms with Crippen molar-refractivity contribution in [1.29, 1.82) is 0 Å². The molecule has 2 aliphatic rings. The third-order valence-corrected chi connectivity index (χ3v) is 30.3. The fourth-order valence-corrected chi connectivity index (χ4v) is 26.9. The van der Waals surface area contributed by atoms with Crippen molar-refractivity contribution in [3.05, 3.63) is 167 Å². The van der Waals surface area contributed by atoms with Crippen LogP contribution in [-0.2, 0) is 14.4 Å². The van der Waals surface area contributed by atoms with Gasteiger partial charge in [0.25, 0.3) is 0 Å². The van der Waals surface area contributed by atoms with E-state index in [4.69, 9.17) is 17.0 Å². The summed E-state index contributed by atoms with van der Waals surface area (Å²) in [6, 6.07) is 44.7. The summed E-state index contributed by atoms with van der Waals surface area (Å²) in [5.74, 6) is 0. The first kappa shape index (κ1) is 26.8. The molecule has 0 amide bonds. The predicted molar refractivity (Wildman–Crippen MR) is 176 cm³/mol. The minimum atomic E-state index is -5.61. The van der Waals surface area contributed by atoms with Crippen LogP contribution >= 0.6 is 17.0 Å². The SMILES string of the molecule is [CH3][Zr]([Cl])([Cl])(=[CH]c1ccccc1)([CH]1C=Cc2c(-c3ccccc3)cccc21)[CH]1C=Cc2c(-c3ccccc3)cccc21. The Morgan fingerprint density at radius 1 is 0.512 bits per heavy atom. The van der Waals surface area contributed by atoms with Crippen LogP contribution in [0.1, 0.15) is 35.1 Å². The molecule has 2 atom stereocenters. The molecule has 0 N–H and O–H groups in total. The van der Waals surface area contributed by atoms with Crippen LogP contribution in [0.2, 0.25) is 4.63 Å². The van der Waals surface area contributed by atoms with Crippen LogP contribution in [0.25, 0.3) is 34.4 Å². The molecule has 0 spiro atoms. The van der Waals surface area contributed by atoms with Crippen LogP contribution in [0.4, 0.5) is 0 Å². The monoisotopic (exact) mass is 647 g/mol. The maximum atomic E-state index is 8.46. The van der Waals surface area contributed by atoms with Gasteiger partial charge in [-0.25, -0.2) is 0 Å². The average Bonchev–Trinajstić information content (AvgIpc) is 3.65. The average molecular weight is 650 g/mol. The van der Waals surface area contributed by atoms with Crippen LogP contribution in [0.5, 0.6) is 0 Å². The van der Waals surface area contributed by atoms with E-state index in [-0.39, 0.29) is 7.25 Å². The summed E-state index contributed by atoms with van der Waals surface area (Å²) in [7, 11) is 16.9. The molecular weight excluding hydrogens is 619 g/mol. The summed E-state index contributed by atoms with van der Waals surface area (Å²) >= 11 is -5.61. The first-order chi connectivity index (χ1) is 19.8. The number of fused-ring (bicyclic) bond motifs is 2. The Morgan fingerprint density at radius 3 is 1.37 bits per heavy atom. The standard InChI is InChI=1S/2C15H11.C7H6.CH3.2ClH.Zr/c2*1-2-6-12(7-3-1)14-10-4-8-13-9-5-11-15(13)14;1-7-5-3-2-4-6-7;;;;/h2*1-11H;1-6H;1H3;2*1H;/q;;;;;;+2/p-2. The quantitative estimate of drug-likeness (QED) is 0.178. The van der Waals surface area contributed by atoms with E-state index in [1.54, 1.807) is 0 Å². The molecule has 2 unspecified atom stereocenters. The van der Waals surface area contributed by atoms with Crippen molar-refractivity contribution in [1.82, 2.24) is 0 Å². The Labute approximate surface area is 247 Å². The van der Waals surface area contributed by atoms with Crippen LogP contribution < -0.4 is 0 Å². The van der Waals surface area contributed by atoms with Gasteiger partial charge in [-0.1, -0.05) is 0 Å². The van der Waals surface area contributed by atoms with Gasteiger partial charge in [0.1, 0.15) is 0 Å². The van der Waals surface area contributed by atoms with Gasteiger partial charge >= 0.3 is 249 Å². The molecule has 0 radical (unpaired) electrons. The molecule has 201 valence electrons. The van der Waals surface area contributed by atoms with Crippen molar-refractivity contribution in [2.45, 2.75) is 11.9 Å². The van der Waals surface area contributed by atoms with Gasteiger partial charge in [0.2, 0.25) is 0 Å². The summed E-state index contributed by atoms with van der Waals surface area (Å²) in [6.45, 7) is 0. The molecule has 7 rings (SSSR count). The Hall–Kier alpha value is -3.09. The summed E-state index contributed by atoms with van der Waals surface area (Å²) in [5, 5.41) is 0. The Balaban J connectivity index is 1.49. The molecule has 2 aliphatic carbocycles. The summed E-state index contributed by atoms with van der Waals surface area (Å²) in [5.41, 5.74) is 10.7. The molecule has 0 nitrogen and oxygen atoms in total. The Morgan fingerprint density at radius 2 is 0.927 bits per heavy atom. The van der Waals surface area contributed by atoms with Gasteiger partial charge in [0.15, 0.2) is 0 Å². The number of hydrogen-bond donors (Lipinski definition) is 0. The van der Waals surface area contributed by atoms with Crippen molar-refractivity contribution < 1.29 is 14.4 Å². The molecule has 3 heteroatoms. The van der Waals surface area contributed by atoms with Gasteiger partial charge < -0.3 is 0 Å². The number of allylic oxidation sites excluding steroid dienone is 2. The second kappa shape index (κ2) is 9.47. The second-order valence-corrected chi connectivity index (χ2v) is 43.6. The molecule has 0 heterocycles. The Bertz CT molecular complexity index is 1820. The predicted octanol–water partition coefficient (Wildman–Crippen LogP) is 11.3. The van der Waals surface area contributed by atoms with E-state index in [1.165, 1.54) is 44.5 Å². The van der Waals surface area contributed by atoms with Crippen LogP contribution in [-0.4, -0.2) is 3.71 Å².